The fourth-order valence-corrected chi connectivity index (χ4v) is 3.07. The van der Waals surface area contributed by atoms with Gasteiger partial charge in [-0.05, 0) is 36.6 Å². The maximum absolute atomic E-state index is 12.2. The first-order valence-corrected chi connectivity index (χ1v) is 7.50. The number of nitrogens with one attached hydrogen (secondary N) is 2. The van der Waals surface area contributed by atoms with E-state index in [0.29, 0.717) is 24.4 Å². The molecule has 2 aliphatic heterocycles. The molecule has 112 valence electrons. The minimum atomic E-state index is -0.0843. The fraction of sp³-hybridized carbons (Fsp3) is 0.500. The van der Waals surface area contributed by atoms with Crippen LogP contribution in [0.5, 0.6) is 0 Å². The molecule has 0 spiro atoms. The second-order valence-electron chi connectivity index (χ2n) is 5.67. The van der Waals surface area contributed by atoms with Crippen LogP contribution in [0.3, 0.4) is 0 Å². The molecular formula is C16H20N2O3. The molecule has 5 nitrogen and oxygen atoms in total. The van der Waals surface area contributed by atoms with Gasteiger partial charge in [0.2, 0.25) is 5.91 Å². The molecule has 0 aromatic heterocycles. The number of carbonyl (C=O) groups excluding carboxylic acids is 2. The average Bonchev–Trinajstić information content (AvgIpc) is 3.08. The lowest BCUT2D eigenvalue weighted by atomic mass is 9.99. The fourth-order valence-electron chi connectivity index (χ4n) is 3.07. The molecule has 2 heterocycles. The van der Waals surface area contributed by atoms with Gasteiger partial charge in [-0.15, -0.1) is 0 Å². The highest BCUT2D eigenvalue weighted by Gasteiger charge is 2.27. The number of fused-ring (bicyclic) bond motifs is 1. The van der Waals surface area contributed by atoms with Gasteiger partial charge in [0.05, 0.1) is 12.5 Å². The van der Waals surface area contributed by atoms with E-state index >= 15 is 0 Å². The third-order valence-electron chi connectivity index (χ3n) is 4.27. The molecule has 5 heteroatoms. The molecule has 0 bridgehead atoms. The number of hydrogen-bond acceptors (Lipinski definition) is 3. The van der Waals surface area contributed by atoms with E-state index in [4.69, 9.17) is 4.74 Å². The van der Waals surface area contributed by atoms with Crippen LogP contribution in [-0.2, 0) is 16.0 Å². The molecule has 2 atom stereocenters. The molecule has 1 aromatic rings. The predicted octanol–water partition coefficient (Wildman–Crippen LogP) is 1.73. The zero-order chi connectivity index (χ0) is 14.8. The van der Waals surface area contributed by atoms with Gasteiger partial charge in [-0.1, -0.05) is 6.92 Å². The van der Waals surface area contributed by atoms with Crippen molar-refractivity contribution in [3.8, 4) is 0 Å². The quantitative estimate of drug-likeness (QED) is 0.886. The van der Waals surface area contributed by atoms with Gasteiger partial charge >= 0.3 is 0 Å². The van der Waals surface area contributed by atoms with E-state index in [1.165, 1.54) is 0 Å². The summed E-state index contributed by atoms with van der Waals surface area (Å²) in [5.74, 6) is 0.298. The van der Waals surface area contributed by atoms with Gasteiger partial charge in [0.15, 0.2) is 0 Å². The van der Waals surface area contributed by atoms with Crippen molar-refractivity contribution < 1.29 is 14.3 Å². The van der Waals surface area contributed by atoms with Gasteiger partial charge in [0.25, 0.3) is 5.91 Å². The number of hydrogen-bond donors (Lipinski definition) is 2. The monoisotopic (exact) mass is 288 g/mol. The summed E-state index contributed by atoms with van der Waals surface area (Å²) in [5.41, 5.74) is 2.31. The van der Waals surface area contributed by atoms with Crippen molar-refractivity contribution in [3.05, 3.63) is 29.3 Å². The van der Waals surface area contributed by atoms with E-state index in [1.54, 1.807) is 18.2 Å². The van der Waals surface area contributed by atoms with Gasteiger partial charge in [0, 0.05) is 30.3 Å². The molecule has 21 heavy (non-hydrogen) atoms. The molecule has 1 fully saturated rings. The van der Waals surface area contributed by atoms with Crippen LogP contribution in [0.15, 0.2) is 18.2 Å². The summed E-state index contributed by atoms with van der Waals surface area (Å²) in [7, 11) is 0. The Bertz CT molecular complexity index is 571. The van der Waals surface area contributed by atoms with E-state index in [-0.39, 0.29) is 17.9 Å². The minimum absolute atomic E-state index is 0.0172. The predicted molar refractivity (Wildman–Crippen MR) is 79.2 cm³/mol. The molecule has 2 unspecified atom stereocenters. The topological polar surface area (TPSA) is 67.4 Å². The molecule has 3 rings (SSSR count). The second-order valence-corrected chi connectivity index (χ2v) is 5.67. The van der Waals surface area contributed by atoms with Crippen molar-refractivity contribution in [2.24, 2.45) is 5.92 Å². The Kier molecular flexibility index (Phi) is 3.92. The lowest BCUT2D eigenvalue weighted by molar-refractivity contribution is -0.115. The first kappa shape index (κ1) is 14.1. The number of amides is 2. The lowest BCUT2D eigenvalue weighted by Crippen LogP contribution is -2.32. The van der Waals surface area contributed by atoms with E-state index < -0.39 is 0 Å². The summed E-state index contributed by atoms with van der Waals surface area (Å²) in [6.45, 7) is 3.53. The first-order valence-electron chi connectivity index (χ1n) is 7.50. The van der Waals surface area contributed by atoms with Crippen molar-refractivity contribution in [2.75, 3.05) is 18.5 Å². The van der Waals surface area contributed by atoms with Gasteiger partial charge in [-0.2, -0.15) is 0 Å². The van der Waals surface area contributed by atoms with Crippen molar-refractivity contribution >= 4 is 17.5 Å². The van der Waals surface area contributed by atoms with E-state index in [0.717, 1.165) is 30.7 Å². The molecule has 1 saturated heterocycles. The number of carbonyl (C=O) groups is 2. The summed E-state index contributed by atoms with van der Waals surface area (Å²) in [4.78, 5) is 23.5. The Labute approximate surface area is 124 Å². The third-order valence-corrected chi connectivity index (χ3v) is 4.27. The van der Waals surface area contributed by atoms with Crippen molar-refractivity contribution in [1.29, 1.82) is 0 Å². The van der Waals surface area contributed by atoms with Crippen LogP contribution in [0.25, 0.3) is 0 Å². The summed E-state index contributed by atoms with van der Waals surface area (Å²) in [5, 5.41) is 5.75. The first-order chi connectivity index (χ1) is 10.2. The van der Waals surface area contributed by atoms with Crippen molar-refractivity contribution in [2.45, 2.75) is 32.3 Å². The van der Waals surface area contributed by atoms with E-state index in [2.05, 4.69) is 17.6 Å². The highest BCUT2D eigenvalue weighted by Crippen LogP contribution is 2.25. The van der Waals surface area contributed by atoms with E-state index in [9.17, 15) is 9.59 Å². The largest absolute Gasteiger partial charge is 0.378 e. The average molecular weight is 288 g/mol. The summed E-state index contributed by atoms with van der Waals surface area (Å²) in [6.07, 6.45) is 2.59. The smallest absolute Gasteiger partial charge is 0.251 e. The van der Waals surface area contributed by atoms with Crippen LogP contribution >= 0.6 is 0 Å². The molecule has 0 aliphatic carbocycles. The van der Waals surface area contributed by atoms with Crippen molar-refractivity contribution in [3.63, 3.8) is 0 Å². The van der Waals surface area contributed by atoms with Crippen LogP contribution < -0.4 is 10.6 Å². The number of rotatable bonds is 4. The molecule has 2 amide bonds. The number of ether oxygens (including phenoxy) is 1. The molecule has 0 saturated carbocycles. The van der Waals surface area contributed by atoms with Crippen LogP contribution in [0.4, 0.5) is 5.69 Å². The minimum Gasteiger partial charge on any atom is -0.378 e. The SMILES string of the molecule is CCC1OCCC1CNC(=O)c1ccc2c(c1)CC(=O)N2. The highest BCUT2D eigenvalue weighted by atomic mass is 16.5. The van der Waals surface area contributed by atoms with E-state index in [1.807, 2.05) is 0 Å². The van der Waals surface area contributed by atoms with Crippen LogP contribution in [0, 0.1) is 5.92 Å². The van der Waals surface area contributed by atoms with Gasteiger partial charge < -0.3 is 15.4 Å². The van der Waals surface area contributed by atoms with Gasteiger partial charge in [-0.3, -0.25) is 9.59 Å². The van der Waals surface area contributed by atoms with Crippen molar-refractivity contribution in [1.82, 2.24) is 5.32 Å². The van der Waals surface area contributed by atoms with Crippen LogP contribution in [0.1, 0.15) is 35.7 Å². The van der Waals surface area contributed by atoms with Gasteiger partial charge in [0.1, 0.15) is 0 Å². The maximum atomic E-state index is 12.2. The molecule has 2 aliphatic rings. The Morgan fingerprint density at radius 2 is 2.33 bits per heavy atom. The standard InChI is InChI=1S/C16H20N2O3/c1-2-14-11(5-6-21-14)9-17-16(20)10-3-4-13-12(7-10)8-15(19)18-13/h3-4,7,11,14H,2,5-6,8-9H2,1H3,(H,17,20)(H,18,19). The molecular weight excluding hydrogens is 268 g/mol. The van der Waals surface area contributed by atoms with Crippen LogP contribution in [-0.4, -0.2) is 31.1 Å². The second kappa shape index (κ2) is 5.85. The zero-order valence-electron chi connectivity index (χ0n) is 12.1. The lowest BCUT2D eigenvalue weighted by Gasteiger charge is -2.17. The Morgan fingerprint density at radius 3 is 3.14 bits per heavy atom. The summed E-state index contributed by atoms with van der Waals surface area (Å²) >= 11 is 0. The summed E-state index contributed by atoms with van der Waals surface area (Å²) < 4.78 is 5.63. The van der Waals surface area contributed by atoms with Gasteiger partial charge in [-0.25, -0.2) is 0 Å². The zero-order valence-corrected chi connectivity index (χ0v) is 12.1. The maximum Gasteiger partial charge on any atom is 0.251 e. The molecule has 2 N–H and O–H groups in total. The highest BCUT2D eigenvalue weighted by molar-refractivity contribution is 6.01. The summed E-state index contributed by atoms with van der Waals surface area (Å²) in [6, 6.07) is 5.34. The normalized spacial score (nSPS) is 23.8. The molecule has 0 radical (unpaired) electrons. The third kappa shape index (κ3) is 2.93. The Hall–Kier alpha value is -1.88. The van der Waals surface area contributed by atoms with Crippen LogP contribution in [0.2, 0.25) is 0 Å². The number of anilines is 1. The number of benzene rings is 1. The Morgan fingerprint density at radius 1 is 1.48 bits per heavy atom. The molecule has 1 aromatic carbocycles. The Balaban J connectivity index is 1.61.